The average molecular weight is 219 g/mol. The molecule has 0 saturated carbocycles. The van der Waals surface area contributed by atoms with Crippen LogP contribution >= 0.6 is 0 Å². The van der Waals surface area contributed by atoms with E-state index in [0.717, 1.165) is 30.0 Å². The molecule has 1 heterocycles. The zero-order chi connectivity index (χ0) is 11.4. The number of hydroxylamine groups is 1. The van der Waals surface area contributed by atoms with Gasteiger partial charge in [-0.3, -0.25) is 0 Å². The van der Waals surface area contributed by atoms with E-state index >= 15 is 0 Å². The SMILES string of the molecule is CCOc1ccc(C2=C(C)CCNO2)cc1. The standard InChI is InChI=1S/C13H17NO2/c1-3-15-12-6-4-11(5-7-12)13-10(2)8-9-14-16-13/h4-7,14H,3,8-9H2,1-2H3. The first-order valence-corrected chi connectivity index (χ1v) is 5.64. The van der Waals surface area contributed by atoms with E-state index in [1.165, 1.54) is 5.57 Å². The highest BCUT2D eigenvalue weighted by molar-refractivity contribution is 5.63. The highest BCUT2D eigenvalue weighted by Crippen LogP contribution is 2.25. The predicted molar refractivity (Wildman–Crippen MR) is 63.9 cm³/mol. The van der Waals surface area contributed by atoms with Crippen molar-refractivity contribution in [2.45, 2.75) is 20.3 Å². The van der Waals surface area contributed by atoms with Gasteiger partial charge in [-0.25, -0.2) is 0 Å². The summed E-state index contributed by atoms with van der Waals surface area (Å²) in [4.78, 5) is 5.46. The fourth-order valence-corrected chi connectivity index (χ4v) is 1.74. The lowest BCUT2D eigenvalue weighted by molar-refractivity contribution is 0.145. The van der Waals surface area contributed by atoms with Crippen molar-refractivity contribution in [3.8, 4) is 5.75 Å². The molecule has 0 spiro atoms. The van der Waals surface area contributed by atoms with Crippen LogP contribution in [0.1, 0.15) is 25.8 Å². The van der Waals surface area contributed by atoms with Gasteiger partial charge in [0.25, 0.3) is 0 Å². The van der Waals surface area contributed by atoms with E-state index in [0.29, 0.717) is 6.61 Å². The van der Waals surface area contributed by atoms with Crippen LogP contribution in [0.3, 0.4) is 0 Å². The van der Waals surface area contributed by atoms with Gasteiger partial charge in [0.2, 0.25) is 0 Å². The van der Waals surface area contributed by atoms with Crippen molar-refractivity contribution >= 4 is 5.76 Å². The van der Waals surface area contributed by atoms with Crippen LogP contribution in [0, 0.1) is 0 Å². The number of rotatable bonds is 3. The molecule has 1 aromatic carbocycles. The van der Waals surface area contributed by atoms with Gasteiger partial charge in [-0.2, -0.15) is 5.48 Å². The van der Waals surface area contributed by atoms with Crippen LogP contribution in [0.15, 0.2) is 29.8 Å². The van der Waals surface area contributed by atoms with E-state index in [-0.39, 0.29) is 0 Å². The molecule has 2 rings (SSSR count). The maximum Gasteiger partial charge on any atom is 0.153 e. The molecule has 0 aromatic heterocycles. The van der Waals surface area contributed by atoms with Gasteiger partial charge >= 0.3 is 0 Å². The molecule has 0 bridgehead atoms. The van der Waals surface area contributed by atoms with Crippen molar-refractivity contribution < 1.29 is 9.57 Å². The molecule has 3 heteroatoms. The van der Waals surface area contributed by atoms with Crippen molar-refractivity contribution in [3.63, 3.8) is 0 Å². The lowest BCUT2D eigenvalue weighted by Gasteiger charge is -2.19. The van der Waals surface area contributed by atoms with Crippen LogP contribution in [0.2, 0.25) is 0 Å². The van der Waals surface area contributed by atoms with E-state index in [2.05, 4.69) is 12.4 Å². The van der Waals surface area contributed by atoms with E-state index in [1.54, 1.807) is 0 Å². The monoisotopic (exact) mass is 219 g/mol. The highest BCUT2D eigenvalue weighted by atomic mass is 16.6. The van der Waals surface area contributed by atoms with Crippen molar-refractivity contribution in [1.82, 2.24) is 5.48 Å². The van der Waals surface area contributed by atoms with Gasteiger partial charge in [0.15, 0.2) is 5.76 Å². The van der Waals surface area contributed by atoms with Crippen molar-refractivity contribution in [3.05, 3.63) is 35.4 Å². The molecule has 16 heavy (non-hydrogen) atoms. The highest BCUT2D eigenvalue weighted by Gasteiger charge is 2.12. The molecule has 0 saturated heterocycles. The van der Waals surface area contributed by atoms with Gasteiger partial charge in [-0.05, 0) is 50.1 Å². The zero-order valence-electron chi connectivity index (χ0n) is 9.75. The summed E-state index contributed by atoms with van der Waals surface area (Å²) in [5, 5.41) is 0. The molecule has 1 aliphatic heterocycles. The Bertz CT molecular complexity index is 381. The van der Waals surface area contributed by atoms with E-state index < -0.39 is 0 Å². The zero-order valence-corrected chi connectivity index (χ0v) is 9.75. The molecular formula is C13H17NO2. The number of benzene rings is 1. The molecule has 0 atom stereocenters. The molecule has 0 amide bonds. The van der Waals surface area contributed by atoms with Crippen molar-refractivity contribution in [1.29, 1.82) is 0 Å². The molecule has 0 unspecified atom stereocenters. The third kappa shape index (κ3) is 2.36. The van der Waals surface area contributed by atoms with Crippen LogP contribution < -0.4 is 10.2 Å². The second-order valence-corrected chi connectivity index (χ2v) is 3.81. The Balaban J connectivity index is 2.20. The first-order valence-electron chi connectivity index (χ1n) is 5.64. The number of ether oxygens (including phenoxy) is 1. The fraction of sp³-hybridized carbons (Fsp3) is 0.385. The van der Waals surface area contributed by atoms with Gasteiger partial charge in [-0.15, -0.1) is 0 Å². The fourth-order valence-electron chi connectivity index (χ4n) is 1.74. The Kier molecular flexibility index (Phi) is 3.47. The second kappa shape index (κ2) is 5.03. The van der Waals surface area contributed by atoms with Crippen LogP contribution in [0.25, 0.3) is 5.76 Å². The summed E-state index contributed by atoms with van der Waals surface area (Å²) in [6.07, 6.45) is 1.03. The summed E-state index contributed by atoms with van der Waals surface area (Å²) in [6, 6.07) is 7.99. The maximum atomic E-state index is 5.46. The summed E-state index contributed by atoms with van der Waals surface area (Å²) in [7, 11) is 0. The predicted octanol–water partition coefficient (Wildman–Crippen LogP) is 2.74. The van der Waals surface area contributed by atoms with Crippen LogP contribution in [-0.2, 0) is 4.84 Å². The number of nitrogens with one attached hydrogen (secondary N) is 1. The third-order valence-electron chi connectivity index (χ3n) is 2.59. The first-order chi connectivity index (χ1) is 7.81. The molecule has 1 aromatic rings. The molecule has 0 fully saturated rings. The minimum atomic E-state index is 0.694. The van der Waals surface area contributed by atoms with Crippen molar-refractivity contribution in [2.75, 3.05) is 13.2 Å². The third-order valence-corrected chi connectivity index (χ3v) is 2.59. The smallest absolute Gasteiger partial charge is 0.153 e. The average Bonchev–Trinajstić information content (AvgIpc) is 2.31. The molecule has 1 N–H and O–H groups in total. The molecule has 1 aliphatic rings. The van der Waals surface area contributed by atoms with E-state index in [1.807, 2.05) is 31.2 Å². The first kappa shape index (κ1) is 11.0. The molecule has 3 nitrogen and oxygen atoms in total. The lowest BCUT2D eigenvalue weighted by Crippen LogP contribution is -2.21. The summed E-state index contributed by atoms with van der Waals surface area (Å²) in [5.41, 5.74) is 5.29. The maximum absolute atomic E-state index is 5.46. The minimum absolute atomic E-state index is 0.694. The summed E-state index contributed by atoms with van der Waals surface area (Å²) >= 11 is 0. The summed E-state index contributed by atoms with van der Waals surface area (Å²) in [5.74, 6) is 1.84. The Morgan fingerprint density at radius 3 is 2.69 bits per heavy atom. The molecule has 0 radical (unpaired) electrons. The van der Waals surface area contributed by atoms with Crippen LogP contribution in [-0.4, -0.2) is 13.2 Å². The summed E-state index contributed by atoms with van der Waals surface area (Å²) in [6.45, 7) is 5.66. The van der Waals surface area contributed by atoms with Gasteiger partial charge in [-0.1, -0.05) is 0 Å². The molecule has 0 aliphatic carbocycles. The summed E-state index contributed by atoms with van der Waals surface area (Å²) < 4.78 is 5.40. The topological polar surface area (TPSA) is 30.5 Å². The van der Waals surface area contributed by atoms with Gasteiger partial charge in [0, 0.05) is 12.1 Å². The molecular weight excluding hydrogens is 202 g/mol. The lowest BCUT2D eigenvalue weighted by atomic mass is 10.1. The largest absolute Gasteiger partial charge is 0.494 e. The van der Waals surface area contributed by atoms with E-state index in [9.17, 15) is 0 Å². The van der Waals surface area contributed by atoms with Gasteiger partial charge < -0.3 is 9.57 Å². The van der Waals surface area contributed by atoms with Gasteiger partial charge in [0.1, 0.15) is 5.75 Å². The van der Waals surface area contributed by atoms with Crippen molar-refractivity contribution in [2.24, 2.45) is 0 Å². The van der Waals surface area contributed by atoms with Gasteiger partial charge in [0.05, 0.1) is 6.61 Å². The second-order valence-electron chi connectivity index (χ2n) is 3.81. The normalized spacial score (nSPS) is 15.9. The van der Waals surface area contributed by atoms with E-state index in [4.69, 9.17) is 9.57 Å². The van der Waals surface area contributed by atoms with Crippen LogP contribution in [0.5, 0.6) is 5.75 Å². The Labute approximate surface area is 96.0 Å². The Hall–Kier alpha value is -1.48. The quantitative estimate of drug-likeness (QED) is 0.848. The Morgan fingerprint density at radius 2 is 2.06 bits per heavy atom. The Morgan fingerprint density at radius 1 is 1.31 bits per heavy atom. The molecule has 86 valence electrons. The minimum Gasteiger partial charge on any atom is -0.494 e. The van der Waals surface area contributed by atoms with Crippen LogP contribution in [0.4, 0.5) is 0 Å². The number of hydrogen-bond acceptors (Lipinski definition) is 3. The number of hydrogen-bond donors (Lipinski definition) is 1.